The van der Waals surface area contributed by atoms with Crippen molar-refractivity contribution in [2.24, 2.45) is 0 Å². The zero-order valence-electron chi connectivity index (χ0n) is 16.1. The summed E-state index contributed by atoms with van der Waals surface area (Å²) in [6.45, 7) is 0.344. The van der Waals surface area contributed by atoms with Crippen LogP contribution in [0.15, 0.2) is 122 Å². The molecule has 0 spiro atoms. The molecule has 1 heterocycles. The molecule has 0 radical (unpaired) electrons. The van der Waals surface area contributed by atoms with E-state index in [0.29, 0.717) is 6.54 Å². The van der Waals surface area contributed by atoms with Crippen molar-refractivity contribution < 1.29 is 9.36 Å². The molecule has 0 aliphatic rings. The van der Waals surface area contributed by atoms with Gasteiger partial charge in [0.2, 0.25) is 0 Å². The molecule has 0 aliphatic carbocycles. The van der Waals surface area contributed by atoms with Gasteiger partial charge in [0, 0.05) is 0 Å². The standard InChI is InChI=1S/C26H23AsNO/c29-26(22-28-19-11-4-12-20-28)21-27(23-13-5-1-6-14-23,24-15-7-2-8-16-24)25-17-9-3-10-18-25/h1-21H,22H2/q+1. The molecule has 3 aromatic carbocycles. The number of aromatic nitrogens is 1. The van der Waals surface area contributed by atoms with E-state index in [0.717, 1.165) is 0 Å². The van der Waals surface area contributed by atoms with Gasteiger partial charge in [-0.3, -0.25) is 0 Å². The van der Waals surface area contributed by atoms with Gasteiger partial charge in [-0.25, -0.2) is 0 Å². The summed E-state index contributed by atoms with van der Waals surface area (Å²) >= 11 is -3.10. The number of benzene rings is 3. The number of carbonyl (C=O) groups is 1. The molecule has 1 aromatic heterocycles. The molecule has 142 valence electrons. The molecule has 0 fully saturated rings. The molecule has 29 heavy (non-hydrogen) atoms. The van der Waals surface area contributed by atoms with E-state index >= 15 is 0 Å². The van der Waals surface area contributed by atoms with Crippen LogP contribution in [0.5, 0.6) is 0 Å². The number of hydrogen-bond donors (Lipinski definition) is 0. The average molecular weight is 440 g/mol. The number of ketones is 1. The molecule has 3 heteroatoms. The first kappa shape index (κ1) is 19.2. The van der Waals surface area contributed by atoms with Gasteiger partial charge in [-0.1, -0.05) is 0 Å². The minimum absolute atomic E-state index is 0.144. The second-order valence-electron chi connectivity index (χ2n) is 6.87. The fraction of sp³-hybridized carbons (Fsp3) is 0.0385. The van der Waals surface area contributed by atoms with Crippen LogP contribution in [0.1, 0.15) is 0 Å². The van der Waals surface area contributed by atoms with Crippen molar-refractivity contribution in [1.82, 2.24) is 0 Å². The van der Waals surface area contributed by atoms with E-state index in [4.69, 9.17) is 0 Å². The predicted octanol–water partition coefficient (Wildman–Crippen LogP) is 2.10. The zero-order chi connectivity index (χ0) is 19.9. The van der Waals surface area contributed by atoms with Crippen LogP contribution in [0.25, 0.3) is 0 Å². The fourth-order valence-electron chi connectivity index (χ4n) is 3.64. The van der Waals surface area contributed by atoms with Gasteiger partial charge in [0.1, 0.15) is 0 Å². The van der Waals surface area contributed by atoms with Crippen molar-refractivity contribution in [2.75, 3.05) is 0 Å². The number of nitrogens with zero attached hydrogens (tertiary/aromatic N) is 1. The summed E-state index contributed by atoms with van der Waals surface area (Å²) in [6, 6.07) is 37.4. The van der Waals surface area contributed by atoms with Gasteiger partial charge in [-0.05, 0) is 0 Å². The van der Waals surface area contributed by atoms with E-state index in [9.17, 15) is 4.79 Å². The third-order valence-electron chi connectivity index (χ3n) is 4.94. The number of pyridine rings is 1. The van der Waals surface area contributed by atoms with Crippen LogP contribution in [-0.2, 0) is 11.3 Å². The first-order chi connectivity index (χ1) is 14.3. The minimum atomic E-state index is -3.10. The molecule has 0 atom stereocenters. The maximum atomic E-state index is 13.3. The Hall–Kier alpha value is -3.09. The summed E-state index contributed by atoms with van der Waals surface area (Å²) in [5.74, 6) is 0.144. The molecule has 0 saturated heterocycles. The molecule has 0 N–H and O–H groups in total. The Bertz CT molecular complexity index is 1020. The second-order valence-corrected chi connectivity index (χ2v) is 13.7. The first-order valence-electron chi connectivity index (χ1n) is 9.67. The maximum absolute atomic E-state index is 13.3. The Morgan fingerprint density at radius 3 is 1.41 bits per heavy atom. The molecule has 0 saturated carbocycles. The van der Waals surface area contributed by atoms with Crippen LogP contribution in [0.3, 0.4) is 0 Å². The number of rotatable bonds is 6. The van der Waals surface area contributed by atoms with Crippen LogP contribution in [0.2, 0.25) is 0 Å². The quantitative estimate of drug-likeness (QED) is 0.332. The van der Waals surface area contributed by atoms with Crippen molar-refractivity contribution in [1.29, 1.82) is 0 Å². The second kappa shape index (κ2) is 8.94. The van der Waals surface area contributed by atoms with Crippen LogP contribution in [-0.4, -0.2) is 23.7 Å². The van der Waals surface area contributed by atoms with Crippen molar-refractivity contribution in [3.8, 4) is 0 Å². The third-order valence-corrected chi connectivity index (χ3v) is 13.4. The van der Waals surface area contributed by atoms with Gasteiger partial charge in [0.05, 0.1) is 0 Å². The third kappa shape index (κ3) is 4.18. The summed E-state index contributed by atoms with van der Waals surface area (Å²) in [5, 5.41) is 0. The van der Waals surface area contributed by atoms with Crippen LogP contribution in [0.4, 0.5) is 0 Å². The predicted molar refractivity (Wildman–Crippen MR) is 122 cm³/mol. The Labute approximate surface area is 174 Å². The van der Waals surface area contributed by atoms with E-state index in [2.05, 4.69) is 77.6 Å². The number of Topliss-reactive ketones (excluding diaryl/α,β-unsaturated/α-hetero) is 1. The molecule has 0 amide bonds. The molecule has 0 unspecified atom stereocenters. The fourth-order valence-corrected chi connectivity index (χ4v) is 11.6. The Morgan fingerprint density at radius 2 is 1.00 bits per heavy atom. The van der Waals surface area contributed by atoms with Gasteiger partial charge < -0.3 is 0 Å². The zero-order valence-corrected chi connectivity index (χ0v) is 18.0. The topological polar surface area (TPSA) is 20.9 Å². The van der Waals surface area contributed by atoms with Gasteiger partial charge in [-0.2, -0.15) is 0 Å². The van der Waals surface area contributed by atoms with Crippen molar-refractivity contribution in [2.45, 2.75) is 6.54 Å². The van der Waals surface area contributed by atoms with Crippen LogP contribution >= 0.6 is 0 Å². The van der Waals surface area contributed by atoms with Gasteiger partial charge in [0.25, 0.3) is 0 Å². The average Bonchev–Trinajstić information content (AvgIpc) is 2.80. The SMILES string of the molecule is O=C(C=[As](c1ccccc1)(c1ccccc1)c1ccccc1)C[n+]1ccccc1. The number of carbonyl (C=O) groups excluding carboxylic acids is 1. The summed E-state index contributed by atoms with van der Waals surface area (Å²) in [6.07, 6.45) is 3.87. The van der Waals surface area contributed by atoms with E-state index in [1.54, 1.807) is 0 Å². The summed E-state index contributed by atoms with van der Waals surface area (Å²) in [5.41, 5.74) is 0. The van der Waals surface area contributed by atoms with Gasteiger partial charge >= 0.3 is 174 Å². The van der Waals surface area contributed by atoms with E-state index in [1.165, 1.54) is 13.1 Å². The first-order valence-corrected chi connectivity index (χ1v) is 13.6. The molecule has 2 nitrogen and oxygen atoms in total. The summed E-state index contributed by atoms with van der Waals surface area (Å²) in [4.78, 5) is 15.4. The van der Waals surface area contributed by atoms with E-state index in [1.807, 2.05) is 53.4 Å². The Balaban J connectivity index is 1.96. The van der Waals surface area contributed by atoms with Crippen molar-refractivity contribution in [3.63, 3.8) is 0 Å². The van der Waals surface area contributed by atoms with Gasteiger partial charge in [0.15, 0.2) is 0 Å². The molecule has 4 rings (SSSR count). The van der Waals surface area contributed by atoms with Gasteiger partial charge in [-0.15, -0.1) is 0 Å². The van der Waals surface area contributed by atoms with E-state index in [-0.39, 0.29) is 5.78 Å². The van der Waals surface area contributed by atoms with Crippen LogP contribution in [0, 0.1) is 0 Å². The molecule has 4 aromatic rings. The normalized spacial score (nSPS) is 11.0. The number of hydrogen-bond acceptors (Lipinski definition) is 1. The van der Waals surface area contributed by atoms with E-state index < -0.39 is 13.1 Å². The van der Waals surface area contributed by atoms with Crippen molar-refractivity contribution in [3.05, 3.63) is 122 Å². The molecular weight excluding hydrogens is 417 g/mol. The molecule has 0 bridgehead atoms. The summed E-state index contributed by atoms with van der Waals surface area (Å²) in [7, 11) is 0. The van der Waals surface area contributed by atoms with Crippen molar-refractivity contribution >= 4 is 36.8 Å². The Kier molecular flexibility index (Phi) is 5.93. The molecular formula is C26H23AsNO+. The monoisotopic (exact) mass is 440 g/mol. The Morgan fingerprint density at radius 1 is 0.621 bits per heavy atom. The van der Waals surface area contributed by atoms with Crippen LogP contribution < -0.4 is 17.6 Å². The molecule has 0 aliphatic heterocycles. The summed E-state index contributed by atoms with van der Waals surface area (Å²) < 4.78 is 5.67.